The van der Waals surface area contributed by atoms with Crippen LogP contribution in [-0.2, 0) is 4.79 Å². The molecular formula is C17H22N4O2. The van der Waals surface area contributed by atoms with Gasteiger partial charge in [0.2, 0.25) is 11.8 Å². The number of hydrogen-bond donors (Lipinski definition) is 1. The second-order valence-electron chi connectivity index (χ2n) is 5.89. The minimum absolute atomic E-state index is 0.0420. The van der Waals surface area contributed by atoms with Crippen LogP contribution in [-0.4, -0.2) is 60.6 Å². The number of nitrogens with zero attached hydrogens (tertiary/aromatic N) is 3. The number of piperazine rings is 1. The van der Waals surface area contributed by atoms with E-state index in [1.807, 2.05) is 30.3 Å². The van der Waals surface area contributed by atoms with Gasteiger partial charge in [-0.1, -0.05) is 35.5 Å². The van der Waals surface area contributed by atoms with Crippen molar-refractivity contribution in [3.05, 3.63) is 36.4 Å². The first kappa shape index (κ1) is 15.7. The highest BCUT2D eigenvalue weighted by Gasteiger charge is 2.15. The van der Waals surface area contributed by atoms with Gasteiger partial charge in [0, 0.05) is 50.8 Å². The maximum absolute atomic E-state index is 12.0. The fourth-order valence-corrected chi connectivity index (χ4v) is 2.61. The molecule has 0 radical (unpaired) electrons. The Morgan fingerprint density at radius 1 is 1.22 bits per heavy atom. The third-order valence-corrected chi connectivity index (χ3v) is 4.09. The van der Waals surface area contributed by atoms with Gasteiger partial charge in [-0.3, -0.25) is 10.1 Å². The molecule has 1 amide bonds. The Morgan fingerprint density at radius 3 is 2.70 bits per heavy atom. The van der Waals surface area contributed by atoms with Gasteiger partial charge in [0.05, 0.1) is 0 Å². The molecule has 1 fully saturated rings. The maximum Gasteiger partial charge on any atom is 0.231 e. The van der Waals surface area contributed by atoms with Crippen molar-refractivity contribution >= 4 is 11.8 Å². The molecule has 6 nitrogen and oxygen atoms in total. The van der Waals surface area contributed by atoms with Gasteiger partial charge in [0.25, 0.3) is 0 Å². The van der Waals surface area contributed by atoms with Crippen LogP contribution in [0, 0.1) is 0 Å². The monoisotopic (exact) mass is 314 g/mol. The number of carbonyl (C=O) groups excluding carboxylic acids is 1. The molecule has 23 heavy (non-hydrogen) atoms. The first-order valence-electron chi connectivity index (χ1n) is 7.93. The smallest absolute Gasteiger partial charge is 0.231 e. The summed E-state index contributed by atoms with van der Waals surface area (Å²) < 4.78 is 5.19. The van der Waals surface area contributed by atoms with Crippen molar-refractivity contribution in [3.63, 3.8) is 0 Å². The van der Waals surface area contributed by atoms with Gasteiger partial charge < -0.3 is 14.3 Å². The van der Waals surface area contributed by atoms with Gasteiger partial charge in [-0.2, -0.15) is 0 Å². The van der Waals surface area contributed by atoms with Crippen LogP contribution in [0.1, 0.15) is 6.42 Å². The molecule has 1 saturated heterocycles. The Morgan fingerprint density at radius 2 is 1.96 bits per heavy atom. The lowest BCUT2D eigenvalue weighted by molar-refractivity contribution is -0.116. The van der Waals surface area contributed by atoms with Crippen molar-refractivity contribution in [2.24, 2.45) is 0 Å². The van der Waals surface area contributed by atoms with Crippen molar-refractivity contribution in [2.75, 3.05) is 45.1 Å². The van der Waals surface area contributed by atoms with E-state index in [2.05, 4.69) is 27.3 Å². The van der Waals surface area contributed by atoms with Gasteiger partial charge in [0.15, 0.2) is 0 Å². The zero-order chi connectivity index (χ0) is 16.1. The highest BCUT2D eigenvalue weighted by Crippen LogP contribution is 2.21. The molecule has 3 rings (SSSR count). The van der Waals surface area contributed by atoms with E-state index < -0.39 is 0 Å². The molecule has 6 heteroatoms. The average molecular weight is 314 g/mol. The van der Waals surface area contributed by atoms with E-state index in [0.29, 0.717) is 12.3 Å². The highest BCUT2D eigenvalue weighted by molar-refractivity contribution is 5.89. The summed E-state index contributed by atoms with van der Waals surface area (Å²) in [6.45, 7) is 4.93. The zero-order valence-electron chi connectivity index (χ0n) is 13.4. The Hall–Kier alpha value is -2.18. The minimum atomic E-state index is -0.0420. The highest BCUT2D eigenvalue weighted by atomic mass is 16.5. The molecule has 0 bridgehead atoms. The quantitative estimate of drug-likeness (QED) is 0.913. The second-order valence-corrected chi connectivity index (χ2v) is 5.89. The lowest BCUT2D eigenvalue weighted by Crippen LogP contribution is -2.45. The molecule has 2 heterocycles. The SMILES string of the molecule is CN1CCN(CCC(=O)Nc2cc(-c3ccccc3)no2)CC1. The normalized spacial score (nSPS) is 16.4. The molecule has 1 aliphatic rings. The third kappa shape index (κ3) is 4.40. The predicted octanol–water partition coefficient (Wildman–Crippen LogP) is 1.92. The van der Waals surface area contributed by atoms with Gasteiger partial charge >= 0.3 is 0 Å². The number of anilines is 1. The summed E-state index contributed by atoms with van der Waals surface area (Å²) in [4.78, 5) is 16.6. The summed E-state index contributed by atoms with van der Waals surface area (Å²) in [5, 5.41) is 6.77. The van der Waals surface area contributed by atoms with E-state index in [1.54, 1.807) is 6.07 Å². The van der Waals surface area contributed by atoms with Crippen molar-refractivity contribution in [1.29, 1.82) is 0 Å². The average Bonchev–Trinajstić information content (AvgIpc) is 3.04. The van der Waals surface area contributed by atoms with E-state index >= 15 is 0 Å². The number of rotatable bonds is 5. The summed E-state index contributed by atoms with van der Waals surface area (Å²) in [6, 6.07) is 11.5. The number of benzene rings is 1. The van der Waals surface area contributed by atoms with Gasteiger partial charge in [-0.05, 0) is 7.05 Å². The molecule has 1 aromatic heterocycles. The van der Waals surface area contributed by atoms with Crippen LogP contribution < -0.4 is 5.32 Å². The van der Waals surface area contributed by atoms with E-state index in [0.717, 1.165) is 44.0 Å². The lowest BCUT2D eigenvalue weighted by Gasteiger charge is -2.32. The van der Waals surface area contributed by atoms with Crippen LogP contribution >= 0.6 is 0 Å². The minimum Gasteiger partial charge on any atom is -0.338 e. The number of nitrogens with one attached hydrogen (secondary N) is 1. The Balaban J connectivity index is 1.48. The molecule has 2 aromatic rings. The Kier molecular flexibility index (Phi) is 5.05. The van der Waals surface area contributed by atoms with E-state index in [1.165, 1.54) is 0 Å². The van der Waals surface area contributed by atoms with Crippen molar-refractivity contribution in [3.8, 4) is 11.3 Å². The molecule has 1 aromatic carbocycles. The first-order chi connectivity index (χ1) is 11.2. The molecular weight excluding hydrogens is 292 g/mol. The Labute approximate surface area is 136 Å². The summed E-state index contributed by atoms with van der Waals surface area (Å²) in [5.41, 5.74) is 1.69. The number of carbonyl (C=O) groups is 1. The standard InChI is InChI=1S/C17H22N4O2/c1-20-9-11-21(12-10-20)8-7-16(22)18-17-13-15(19-23-17)14-5-3-2-4-6-14/h2-6,13H,7-12H2,1H3,(H,18,22). The molecule has 122 valence electrons. The Bertz CT molecular complexity index is 633. The van der Waals surface area contributed by atoms with Crippen LogP contribution in [0.3, 0.4) is 0 Å². The number of hydrogen-bond acceptors (Lipinski definition) is 5. The molecule has 0 spiro atoms. The van der Waals surface area contributed by atoms with Gasteiger partial charge in [0.1, 0.15) is 5.69 Å². The van der Waals surface area contributed by atoms with Gasteiger partial charge in [-0.15, -0.1) is 0 Å². The summed E-state index contributed by atoms with van der Waals surface area (Å²) >= 11 is 0. The molecule has 0 atom stereocenters. The molecule has 0 unspecified atom stereocenters. The van der Waals surface area contributed by atoms with E-state index in [9.17, 15) is 4.79 Å². The molecule has 0 saturated carbocycles. The predicted molar refractivity (Wildman–Crippen MR) is 89.1 cm³/mol. The fourth-order valence-electron chi connectivity index (χ4n) is 2.61. The second kappa shape index (κ2) is 7.39. The number of amides is 1. The topological polar surface area (TPSA) is 61.6 Å². The molecule has 1 N–H and O–H groups in total. The van der Waals surface area contributed by atoms with Crippen LogP contribution in [0.5, 0.6) is 0 Å². The van der Waals surface area contributed by atoms with Crippen LogP contribution in [0.2, 0.25) is 0 Å². The van der Waals surface area contributed by atoms with Crippen LogP contribution in [0.25, 0.3) is 11.3 Å². The lowest BCUT2D eigenvalue weighted by atomic mass is 10.1. The summed E-state index contributed by atoms with van der Waals surface area (Å²) in [7, 11) is 2.12. The fraction of sp³-hybridized carbons (Fsp3) is 0.412. The van der Waals surface area contributed by atoms with Gasteiger partial charge in [-0.25, -0.2) is 0 Å². The van der Waals surface area contributed by atoms with Crippen molar-refractivity contribution in [2.45, 2.75) is 6.42 Å². The van der Waals surface area contributed by atoms with E-state index in [-0.39, 0.29) is 5.91 Å². The summed E-state index contributed by atoms with van der Waals surface area (Å²) in [6.07, 6.45) is 0.463. The van der Waals surface area contributed by atoms with Crippen LogP contribution in [0.4, 0.5) is 5.88 Å². The van der Waals surface area contributed by atoms with E-state index in [4.69, 9.17) is 4.52 Å². The summed E-state index contributed by atoms with van der Waals surface area (Å²) in [5.74, 6) is 0.354. The van der Waals surface area contributed by atoms with Crippen molar-refractivity contribution < 1.29 is 9.32 Å². The van der Waals surface area contributed by atoms with Crippen molar-refractivity contribution in [1.82, 2.24) is 15.0 Å². The number of likely N-dealkylation sites (N-methyl/N-ethyl adjacent to an activating group) is 1. The maximum atomic E-state index is 12.0. The van der Waals surface area contributed by atoms with Crippen LogP contribution in [0.15, 0.2) is 40.9 Å². The molecule has 1 aliphatic heterocycles. The first-order valence-corrected chi connectivity index (χ1v) is 7.93. The third-order valence-electron chi connectivity index (χ3n) is 4.09. The largest absolute Gasteiger partial charge is 0.338 e. The molecule has 0 aliphatic carbocycles. The number of aromatic nitrogens is 1. The zero-order valence-corrected chi connectivity index (χ0v) is 13.4.